The molecule has 0 amide bonds. The van der Waals surface area contributed by atoms with Crippen LogP contribution in [0.5, 0.6) is 5.75 Å². The van der Waals surface area contributed by atoms with Crippen LogP contribution in [-0.4, -0.2) is 45.0 Å². The Morgan fingerprint density at radius 2 is 2.09 bits per heavy atom. The molecule has 5 nitrogen and oxygen atoms in total. The molecule has 2 rings (SSSR count). The summed E-state index contributed by atoms with van der Waals surface area (Å²) in [6, 6.07) is 2.37. The predicted octanol–water partition coefficient (Wildman–Crippen LogP) is 1.83. The molecule has 0 aliphatic carbocycles. The Hall–Kier alpha value is -1.03. The first kappa shape index (κ1) is 19.0. The summed E-state index contributed by atoms with van der Waals surface area (Å²) in [5.74, 6) is -1.82. The maximum absolute atomic E-state index is 13.7. The van der Waals surface area contributed by atoms with Crippen LogP contribution in [0.15, 0.2) is 23.1 Å². The Balaban J connectivity index is 0.00000242. The van der Waals surface area contributed by atoms with Gasteiger partial charge in [0, 0.05) is 25.7 Å². The second-order valence-corrected chi connectivity index (χ2v) is 6.53. The second kappa shape index (κ2) is 7.49. The third kappa shape index (κ3) is 4.03. The largest absolute Gasteiger partial charge is 0.432 e. The van der Waals surface area contributed by atoms with Crippen LogP contribution < -0.4 is 10.1 Å². The molecule has 1 saturated heterocycles. The molecule has 0 unspecified atom stereocenters. The van der Waals surface area contributed by atoms with Crippen LogP contribution in [0.2, 0.25) is 0 Å². The van der Waals surface area contributed by atoms with Crippen LogP contribution >= 0.6 is 12.4 Å². The first-order valence-corrected chi connectivity index (χ1v) is 7.73. The number of hydrogen-bond donors (Lipinski definition) is 1. The molecule has 1 aromatic carbocycles. The summed E-state index contributed by atoms with van der Waals surface area (Å²) in [6.45, 7) is -0.183. The fraction of sp³-hybridized carbons (Fsp3) is 0.500. The van der Waals surface area contributed by atoms with Crippen LogP contribution in [0.4, 0.5) is 13.2 Å². The van der Waals surface area contributed by atoms with Gasteiger partial charge in [0.25, 0.3) is 0 Å². The molecule has 0 saturated carbocycles. The van der Waals surface area contributed by atoms with Gasteiger partial charge in [0.1, 0.15) is 0 Å². The van der Waals surface area contributed by atoms with Crippen molar-refractivity contribution in [2.24, 2.45) is 0 Å². The molecule has 0 spiro atoms. The highest BCUT2D eigenvalue weighted by atomic mass is 35.5. The molecule has 1 aliphatic rings. The Labute approximate surface area is 132 Å². The van der Waals surface area contributed by atoms with E-state index in [-0.39, 0.29) is 29.9 Å². The van der Waals surface area contributed by atoms with Crippen LogP contribution in [0.25, 0.3) is 0 Å². The Kier molecular flexibility index (Phi) is 6.48. The van der Waals surface area contributed by atoms with Crippen molar-refractivity contribution in [2.45, 2.75) is 24.5 Å². The molecule has 1 atom stereocenters. The SMILES string of the molecule is C[C@@H]1CNCCN1S(=O)(=O)c1ccc(OC(F)F)c(F)c1.Cl. The van der Waals surface area contributed by atoms with Crippen molar-refractivity contribution in [3.05, 3.63) is 24.0 Å². The number of alkyl halides is 2. The van der Waals surface area contributed by atoms with Gasteiger partial charge in [0.05, 0.1) is 4.90 Å². The highest BCUT2D eigenvalue weighted by Crippen LogP contribution is 2.25. The van der Waals surface area contributed by atoms with Crippen LogP contribution in [0.3, 0.4) is 0 Å². The minimum atomic E-state index is -3.87. The highest BCUT2D eigenvalue weighted by Gasteiger charge is 2.31. The Morgan fingerprint density at radius 3 is 2.64 bits per heavy atom. The molecule has 0 radical (unpaired) electrons. The van der Waals surface area contributed by atoms with E-state index in [1.165, 1.54) is 4.31 Å². The summed E-state index contributed by atoms with van der Waals surface area (Å²) in [5, 5.41) is 3.05. The Bertz CT molecular complexity index is 616. The predicted molar refractivity (Wildman–Crippen MR) is 76.5 cm³/mol. The fourth-order valence-electron chi connectivity index (χ4n) is 2.15. The number of sulfonamides is 1. The molecule has 1 N–H and O–H groups in total. The van der Waals surface area contributed by atoms with Gasteiger partial charge in [-0.1, -0.05) is 0 Å². The fourth-order valence-corrected chi connectivity index (χ4v) is 3.79. The van der Waals surface area contributed by atoms with Gasteiger partial charge in [-0.05, 0) is 25.1 Å². The van der Waals surface area contributed by atoms with Crippen molar-refractivity contribution in [1.82, 2.24) is 9.62 Å². The van der Waals surface area contributed by atoms with Gasteiger partial charge in [-0.25, -0.2) is 12.8 Å². The van der Waals surface area contributed by atoms with E-state index in [0.717, 1.165) is 12.1 Å². The number of rotatable bonds is 4. The molecule has 126 valence electrons. The lowest BCUT2D eigenvalue weighted by atomic mass is 10.3. The minimum absolute atomic E-state index is 0. The van der Waals surface area contributed by atoms with Crippen molar-refractivity contribution < 1.29 is 26.3 Å². The molecule has 1 aliphatic heterocycles. The summed E-state index contributed by atoms with van der Waals surface area (Å²) in [7, 11) is -3.87. The van der Waals surface area contributed by atoms with E-state index in [1.54, 1.807) is 6.92 Å². The standard InChI is InChI=1S/C12H15F3N2O3S.ClH/c1-8-7-16-4-5-17(8)21(18,19)9-2-3-11(10(13)6-9)20-12(14)15;/h2-3,6,8,12,16H,4-5,7H2,1H3;1H/t8-;/m1./s1. The molecule has 0 bridgehead atoms. The van der Waals surface area contributed by atoms with Gasteiger partial charge in [0.15, 0.2) is 11.6 Å². The average Bonchev–Trinajstić information content (AvgIpc) is 2.40. The number of piperazine rings is 1. The van der Waals surface area contributed by atoms with Crippen molar-refractivity contribution in [2.75, 3.05) is 19.6 Å². The zero-order valence-corrected chi connectivity index (χ0v) is 13.3. The van der Waals surface area contributed by atoms with E-state index < -0.39 is 28.2 Å². The van der Waals surface area contributed by atoms with Gasteiger partial charge in [0.2, 0.25) is 10.0 Å². The summed E-state index contributed by atoms with van der Waals surface area (Å²) >= 11 is 0. The van der Waals surface area contributed by atoms with E-state index in [2.05, 4.69) is 10.1 Å². The third-order valence-corrected chi connectivity index (χ3v) is 5.18. The number of benzene rings is 1. The molecule has 1 aromatic rings. The van der Waals surface area contributed by atoms with Gasteiger partial charge < -0.3 is 10.1 Å². The maximum Gasteiger partial charge on any atom is 0.387 e. The monoisotopic (exact) mass is 360 g/mol. The topological polar surface area (TPSA) is 58.6 Å². The molecule has 0 aromatic heterocycles. The number of halogens is 4. The summed E-state index contributed by atoms with van der Waals surface area (Å²) < 4.78 is 67.8. The van der Waals surface area contributed by atoms with Crippen molar-refractivity contribution >= 4 is 22.4 Å². The smallest absolute Gasteiger partial charge is 0.387 e. The van der Waals surface area contributed by atoms with E-state index >= 15 is 0 Å². The van der Waals surface area contributed by atoms with E-state index in [9.17, 15) is 21.6 Å². The summed E-state index contributed by atoms with van der Waals surface area (Å²) in [6.07, 6.45) is 0. The lowest BCUT2D eigenvalue weighted by Gasteiger charge is -2.32. The van der Waals surface area contributed by atoms with Crippen LogP contribution in [0, 0.1) is 5.82 Å². The Morgan fingerprint density at radius 1 is 1.41 bits per heavy atom. The third-order valence-electron chi connectivity index (χ3n) is 3.17. The van der Waals surface area contributed by atoms with E-state index in [4.69, 9.17) is 0 Å². The zero-order chi connectivity index (χ0) is 15.6. The van der Waals surface area contributed by atoms with Gasteiger partial charge in [-0.3, -0.25) is 0 Å². The second-order valence-electron chi connectivity index (χ2n) is 4.64. The summed E-state index contributed by atoms with van der Waals surface area (Å²) in [5.41, 5.74) is 0. The first-order chi connectivity index (χ1) is 9.82. The summed E-state index contributed by atoms with van der Waals surface area (Å²) in [4.78, 5) is -0.282. The molecular formula is C12H16ClF3N2O3S. The molecule has 10 heteroatoms. The molecule has 22 heavy (non-hydrogen) atoms. The molecular weight excluding hydrogens is 345 g/mol. The molecule has 1 fully saturated rings. The zero-order valence-electron chi connectivity index (χ0n) is 11.6. The first-order valence-electron chi connectivity index (χ1n) is 6.29. The normalized spacial score (nSPS) is 19.8. The van der Waals surface area contributed by atoms with E-state index in [0.29, 0.717) is 19.2 Å². The molecule has 1 heterocycles. The maximum atomic E-state index is 13.7. The number of nitrogens with zero attached hydrogens (tertiary/aromatic N) is 1. The lowest BCUT2D eigenvalue weighted by molar-refractivity contribution is -0.0522. The number of hydrogen-bond acceptors (Lipinski definition) is 4. The number of ether oxygens (including phenoxy) is 1. The van der Waals surface area contributed by atoms with E-state index in [1.807, 2.05) is 0 Å². The van der Waals surface area contributed by atoms with Crippen LogP contribution in [-0.2, 0) is 10.0 Å². The lowest BCUT2D eigenvalue weighted by Crippen LogP contribution is -2.52. The minimum Gasteiger partial charge on any atom is -0.432 e. The van der Waals surface area contributed by atoms with Gasteiger partial charge in [-0.15, -0.1) is 12.4 Å². The van der Waals surface area contributed by atoms with Crippen molar-refractivity contribution in [3.63, 3.8) is 0 Å². The highest BCUT2D eigenvalue weighted by molar-refractivity contribution is 7.89. The van der Waals surface area contributed by atoms with Gasteiger partial charge >= 0.3 is 6.61 Å². The van der Waals surface area contributed by atoms with Crippen molar-refractivity contribution in [3.8, 4) is 5.75 Å². The number of nitrogens with one attached hydrogen (secondary N) is 1. The van der Waals surface area contributed by atoms with Crippen LogP contribution in [0.1, 0.15) is 6.92 Å². The van der Waals surface area contributed by atoms with Gasteiger partial charge in [-0.2, -0.15) is 13.1 Å². The quantitative estimate of drug-likeness (QED) is 0.890. The van der Waals surface area contributed by atoms with Crippen molar-refractivity contribution in [1.29, 1.82) is 0 Å². The average molecular weight is 361 g/mol.